The Hall–Kier alpha value is -1.46. The zero-order chi connectivity index (χ0) is 11.4. The van der Waals surface area contributed by atoms with E-state index in [0.29, 0.717) is 11.8 Å². The van der Waals surface area contributed by atoms with Gasteiger partial charge in [0, 0.05) is 16.8 Å². The van der Waals surface area contributed by atoms with Crippen molar-refractivity contribution in [1.29, 1.82) is 0 Å². The van der Waals surface area contributed by atoms with Crippen LogP contribution < -0.4 is 11.1 Å². The van der Waals surface area contributed by atoms with Crippen molar-refractivity contribution in [1.82, 2.24) is 9.97 Å². The van der Waals surface area contributed by atoms with Crippen molar-refractivity contribution >= 4 is 41.6 Å². The molecule has 6 heteroatoms. The number of anilines is 3. The fourth-order valence-corrected chi connectivity index (χ4v) is 1.64. The van der Waals surface area contributed by atoms with Gasteiger partial charge in [0.05, 0.1) is 0 Å². The summed E-state index contributed by atoms with van der Waals surface area (Å²) in [4.78, 5) is 9.35. The molecule has 0 atom stereocenters. The van der Waals surface area contributed by atoms with Gasteiger partial charge in [0.1, 0.15) is 5.82 Å². The zero-order valence-corrected chi connectivity index (χ0v) is 10.9. The number of hydrogen-bond donors (Lipinski definition) is 2. The van der Waals surface area contributed by atoms with Gasteiger partial charge in [0.2, 0.25) is 5.95 Å². The molecule has 1 aromatic heterocycles. The molecule has 0 spiro atoms. The Morgan fingerprint density at radius 1 is 1.18 bits per heavy atom. The van der Waals surface area contributed by atoms with Crippen LogP contribution in [-0.2, 0) is 0 Å². The van der Waals surface area contributed by atoms with E-state index >= 15 is 0 Å². The first kappa shape index (κ1) is 13.6. The van der Waals surface area contributed by atoms with E-state index in [1.807, 2.05) is 30.5 Å². The molecule has 0 aliphatic rings. The average molecular weight is 269 g/mol. The van der Waals surface area contributed by atoms with Crippen LogP contribution in [0.2, 0.25) is 0 Å². The lowest BCUT2D eigenvalue weighted by atomic mass is 10.3. The quantitative estimate of drug-likeness (QED) is 0.838. The Balaban J connectivity index is 0.00000144. The van der Waals surface area contributed by atoms with Crippen molar-refractivity contribution in [2.45, 2.75) is 4.90 Å². The van der Waals surface area contributed by atoms with E-state index in [9.17, 15) is 0 Å². The SMILES string of the molecule is CSc1ccc(Nc2nccc(N)n2)cc1.Cl. The maximum Gasteiger partial charge on any atom is 0.229 e. The van der Waals surface area contributed by atoms with E-state index in [1.165, 1.54) is 4.90 Å². The fourth-order valence-electron chi connectivity index (χ4n) is 1.24. The predicted molar refractivity (Wildman–Crippen MR) is 75.2 cm³/mol. The van der Waals surface area contributed by atoms with Crippen molar-refractivity contribution in [2.24, 2.45) is 0 Å². The van der Waals surface area contributed by atoms with Gasteiger partial charge in [-0.05, 0) is 36.6 Å². The number of benzene rings is 1. The summed E-state index contributed by atoms with van der Waals surface area (Å²) >= 11 is 1.71. The van der Waals surface area contributed by atoms with Crippen LogP contribution in [0.1, 0.15) is 0 Å². The fraction of sp³-hybridized carbons (Fsp3) is 0.0909. The van der Waals surface area contributed by atoms with Crippen LogP contribution in [0.15, 0.2) is 41.4 Å². The first-order chi connectivity index (χ1) is 7.78. The normalized spacial score (nSPS) is 9.47. The lowest BCUT2D eigenvalue weighted by molar-refractivity contribution is 1.17. The molecule has 17 heavy (non-hydrogen) atoms. The summed E-state index contributed by atoms with van der Waals surface area (Å²) in [6.45, 7) is 0. The molecule has 0 amide bonds. The summed E-state index contributed by atoms with van der Waals surface area (Å²) in [5.74, 6) is 0.968. The van der Waals surface area contributed by atoms with Gasteiger partial charge in [-0.15, -0.1) is 24.2 Å². The van der Waals surface area contributed by atoms with Crippen molar-refractivity contribution in [2.75, 3.05) is 17.3 Å². The second kappa shape index (κ2) is 6.32. The molecule has 0 radical (unpaired) electrons. The minimum absolute atomic E-state index is 0. The molecular weight excluding hydrogens is 256 g/mol. The van der Waals surface area contributed by atoms with Crippen LogP contribution in [0.25, 0.3) is 0 Å². The lowest BCUT2D eigenvalue weighted by Crippen LogP contribution is -1.99. The summed E-state index contributed by atoms with van der Waals surface area (Å²) in [7, 11) is 0. The van der Waals surface area contributed by atoms with Gasteiger partial charge >= 0.3 is 0 Å². The summed E-state index contributed by atoms with van der Waals surface area (Å²) in [6.07, 6.45) is 3.67. The van der Waals surface area contributed by atoms with Gasteiger partial charge in [0.25, 0.3) is 0 Å². The smallest absolute Gasteiger partial charge is 0.229 e. The summed E-state index contributed by atoms with van der Waals surface area (Å²) in [6, 6.07) is 9.71. The van der Waals surface area contributed by atoms with Crippen molar-refractivity contribution in [3.8, 4) is 0 Å². The van der Waals surface area contributed by atoms with E-state index in [2.05, 4.69) is 15.3 Å². The predicted octanol–water partition coefficient (Wildman–Crippen LogP) is 2.95. The van der Waals surface area contributed by atoms with Gasteiger partial charge in [-0.25, -0.2) is 4.98 Å². The van der Waals surface area contributed by atoms with Crippen LogP contribution in [0.3, 0.4) is 0 Å². The van der Waals surface area contributed by atoms with Gasteiger partial charge in [0.15, 0.2) is 0 Å². The number of nitrogens with zero attached hydrogens (tertiary/aromatic N) is 2. The monoisotopic (exact) mass is 268 g/mol. The van der Waals surface area contributed by atoms with E-state index in [0.717, 1.165) is 5.69 Å². The third-order valence-corrected chi connectivity index (χ3v) is 2.77. The molecule has 3 N–H and O–H groups in total. The minimum Gasteiger partial charge on any atom is -0.384 e. The van der Waals surface area contributed by atoms with Gasteiger partial charge < -0.3 is 11.1 Å². The molecule has 0 bridgehead atoms. The number of rotatable bonds is 3. The number of halogens is 1. The Morgan fingerprint density at radius 2 is 1.88 bits per heavy atom. The second-order valence-electron chi connectivity index (χ2n) is 3.16. The summed E-state index contributed by atoms with van der Waals surface area (Å²) < 4.78 is 0. The van der Waals surface area contributed by atoms with E-state index < -0.39 is 0 Å². The van der Waals surface area contributed by atoms with Crippen molar-refractivity contribution in [3.63, 3.8) is 0 Å². The molecule has 0 fully saturated rings. The topological polar surface area (TPSA) is 63.8 Å². The van der Waals surface area contributed by atoms with Crippen molar-refractivity contribution < 1.29 is 0 Å². The third-order valence-electron chi connectivity index (χ3n) is 2.02. The standard InChI is InChI=1S/C11H12N4S.ClH/c1-16-9-4-2-8(3-5-9)14-11-13-7-6-10(12)15-11;/h2-7H,1H3,(H3,12,13,14,15);1H. The zero-order valence-electron chi connectivity index (χ0n) is 9.25. The number of nitrogen functional groups attached to an aromatic ring is 1. The molecule has 90 valence electrons. The molecular formula is C11H13ClN4S. The highest BCUT2D eigenvalue weighted by Crippen LogP contribution is 2.19. The van der Waals surface area contributed by atoms with E-state index in [-0.39, 0.29) is 12.4 Å². The Kier molecular flexibility index (Phi) is 5.06. The molecule has 4 nitrogen and oxygen atoms in total. The Morgan fingerprint density at radius 3 is 2.47 bits per heavy atom. The molecule has 0 saturated heterocycles. The molecule has 2 rings (SSSR count). The van der Waals surface area contributed by atoms with Gasteiger partial charge in [-0.2, -0.15) is 4.98 Å². The Bertz CT molecular complexity index is 475. The van der Waals surface area contributed by atoms with Crippen LogP contribution in [0, 0.1) is 0 Å². The molecule has 1 heterocycles. The van der Waals surface area contributed by atoms with Crippen molar-refractivity contribution in [3.05, 3.63) is 36.5 Å². The van der Waals surface area contributed by atoms with Crippen LogP contribution >= 0.6 is 24.2 Å². The van der Waals surface area contributed by atoms with Crippen LogP contribution in [0.4, 0.5) is 17.5 Å². The van der Waals surface area contributed by atoms with Crippen LogP contribution in [0.5, 0.6) is 0 Å². The highest BCUT2D eigenvalue weighted by atomic mass is 35.5. The summed E-state index contributed by atoms with van der Waals surface area (Å²) in [5.41, 5.74) is 6.51. The molecule has 0 saturated carbocycles. The van der Waals surface area contributed by atoms with E-state index in [1.54, 1.807) is 24.0 Å². The molecule has 2 aromatic rings. The Labute approximate surface area is 110 Å². The molecule has 0 aliphatic carbocycles. The largest absolute Gasteiger partial charge is 0.384 e. The molecule has 1 aromatic carbocycles. The maximum absolute atomic E-state index is 5.56. The maximum atomic E-state index is 5.56. The van der Waals surface area contributed by atoms with Gasteiger partial charge in [-0.3, -0.25) is 0 Å². The minimum atomic E-state index is 0. The average Bonchev–Trinajstić information content (AvgIpc) is 2.30. The highest BCUT2D eigenvalue weighted by molar-refractivity contribution is 7.98. The molecule has 0 unspecified atom stereocenters. The first-order valence-electron chi connectivity index (χ1n) is 4.77. The first-order valence-corrected chi connectivity index (χ1v) is 6.00. The number of aromatic nitrogens is 2. The number of hydrogen-bond acceptors (Lipinski definition) is 5. The number of nitrogens with two attached hydrogens (primary N) is 1. The number of nitrogens with one attached hydrogen (secondary N) is 1. The highest BCUT2D eigenvalue weighted by Gasteiger charge is 1.98. The lowest BCUT2D eigenvalue weighted by Gasteiger charge is -2.05. The second-order valence-corrected chi connectivity index (χ2v) is 4.04. The third kappa shape index (κ3) is 3.80. The summed E-state index contributed by atoms with van der Waals surface area (Å²) in [5, 5.41) is 3.08. The van der Waals surface area contributed by atoms with Crippen LogP contribution in [-0.4, -0.2) is 16.2 Å². The van der Waals surface area contributed by atoms with E-state index in [4.69, 9.17) is 5.73 Å². The molecule has 0 aliphatic heterocycles. The van der Waals surface area contributed by atoms with Gasteiger partial charge in [-0.1, -0.05) is 0 Å². The number of thioether (sulfide) groups is 1.